The van der Waals surface area contributed by atoms with Crippen LogP contribution in [0.15, 0.2) is 4.99 Å². The number of rotatable bonds is 2. The second-order valence-electron chi connectivity index (χ2n) is 7.45. The van der Waals surface area contributed by atoms with Crippen LogP contribution in [0.3, 0.4) is 0 Å². The van der Waals surface area contributed by atoms with Crippen molar-refractivity contribution >= 4 is 12.2 Å². The first-order chi connectivity index (χ1) is 8.09. The minimum atomic E-state index is -0.0568. The average molecular weight is 252 g/mol. The van der Waals surface area contributed by atoms with Gasteiger partial charge in [-0.15, -0.1) is 0 Å². The molecular formula is C15H28N2O. The Bertz CT molecular complexity index is 333. The van der Waals surface area contributed by atoms with Crippen molar-refractivity contribution in [1.82, 2.24) is 4.90 Å². The molecule has 0 aromatic heterocycles. The van der Waals surface area contributed by atoms with Crippen LogP contribution in [-0.4, -0.2) is 29.7 Å². The van der Waals surface area contributed by atoms with Crippen LogP contribution in [0.2, 0.25) is 0 Å². The van der Waals surface area contributed by atoms with Gasteiger partial charge in [0.15, 0.2) is 0 Å². The quantitative estimate of drug-likeness (QED) is 0.742. The smallest absolute Gasteiger partial charge is 0.233 e. The van der Waals surface area contributed by atoms with Gasteiger partial charge in [0.05, 0.1) is 18.3 Å². The van der Waals surface area contributed by atoms with E-state index in [1.54, 1.807) is 11.2 Å². The van der Waals surface area contributed by atoms with Gasteiger partial charge in [-0.1, -0.05) is 48.5 Å². The van der Waals surface area contributed by atoms with Crippen molar-refractivity contribution in [2.45, 2.75) is 60.9 Å². The third-order valence-electron chi connectivity index (χ3n) is 3.52. The fourth-order valence-electron chi connectivity index (χ4n) is 2.59. The maximum Gasteiger partial charge on any atom is 0.233 e. The summed E-state index contributed by atoms with van der Waals surface area (Å²) >= 11 is 0. The lowest BCUT2D eigenvalue weighted by molar-refractivity contribution is -0.138. The summed E-state index contributed by atoms with van der Waals surface area (Å²) in [5.41, 5.74) is -0.0405. The molecule has 104 valence electrons. The summed E-state index contributed by atoms with van der Waals surface area (Å²) in [6.07, 6.45) is 2.72. The van der Waals surface area contributed by atoms with E-state index in [9.17, 15) is 4.79 Å². The van der Waals surface area contributed by atoms with Crippen LogP contribution in [0, 0.1) is 16.7 Å². The summed E-state index contributed by atoms with van der Waals surface area (Å²) < 4.78 is 0. The number of carbonyl (C=O) groups is 1. The highest BCUT2D eigenvalue weighted by Crippen LogP contribution is 2.40. The molecule has 1 aliphatic heterocycles. The Morgan fingerprint density at radius 1 is 1.17 bits per heavy atom. The molecule has 0 saturated carbocycles. The number of carbonyl (C=O) groups excluding carboxylic acids is 1. The first-order valence-corrected chi connectivity index (χ1v) is 6.93. The van der Waals surface area contributed by atoms with Crippen LogP contribution >= 0.6 is 0 Å². The van der Waals surface area contributed by atoms with Gasteiger partial charge < -0.3 is 4.90 Å². The van der Waals surface area contributed by atoms with Crippen molar-refractivity contribution in [3.8, 4) is 0 Å². The van der Waals surface area contributed by atoms with Gasteiger partial charge in [-0.2, -0.15) is 0 Å². The Labute approximate surface area is 112 Å². The minimum Gasteiger partial charge on any atom is -0.303 e. The van der Waals surface area contributed by atoms with E-state index in [2.05, 4.69) is 53.5 Å². The molecule has 0 saturated heterocycles. The second-order valence-corrected chi connectivity index (χ2v) is 7.45. The Kier molecular flexibility index (Phi) is 4.24. The van der Waals surface area contributed by atoms with Gasteiger partial charge >= 0.3 is 0 Å². The molecule has 0 bridgehead atoms. The van der Waals surface area contributed by atoms with E-state index in [1.165, 1.54) is 0 Å². The lowest BCUT2D eigenvalue weighted by atomic mass is 9.67. The van der Waals surface area contributed by atoms with Crippen molar-refractivity contribution < 1.29 is 4.79 Å². The van der Waals surface area contributed by atoms with E-state index in [0.29, 0.717) is 0 Å². The molecule has 0 aromatic carbocycles. The number of hydrogen-bond donors (Lipinski definition) is 0. The van der Waals surface area contributed by atoms with E-state index >= 15 is 0 Å². The van der Waals surface area contributed by atoms with Crippen LogP contribution < -0.4 is 0 Å². The molecule has 3 heteroatoms. The Hall–Kier alpha value is -0.860. The van der Waals surface area contributed by atoms with E-state index in [-0.39, 0.29) is 28.7 Å². The summed E-state index contributed by atoms with van der Waals surface area (Å²) in [5, 5.41) is 0. The van der Waals surface area contributed by atoms with E-state index < -0.39 is 0 Å². The van der Waals surface area contributed by atoms with Crippen LogP contribution in [0.4, 0.5) is 0 Å². The molecule has 1 rings (SSSR count). The van der Waals surface area contributed by atoms with Crippen molar-refractivity contribution in [1.29, 1.82) is 0 Å². The molecule has 1 aliphatic rings. The van der Waals surface area contributed by atoms with Gasteiger partial charge in [-0.25, -0.2) is 0 Å². The molecule has 0 aromatic rings. The summed E-state index contributed by atoms with van der Waals surface area (Å²) in [4.78, 5) is 19.1. The molecule has 1 heterocycles. The minimum absolute atomic E-state index is 0.0163. The number of amides is 1. The number of hydrogen-bond acceptors (Lipinski definition) is 2. The van der Waals surface area contributed by atoms with E-state index in [0.717, 1.165) is 13.0 Å². The molecular weight excluding hydrogens is 224 g/mol. The first kappa shape index (κ1) is 15.2. The third kappa shape index (κ3) is 3.12. The van der Waals surface area contributed by atoms with Crippen molar-refractivity contribution in [3.63, 3.8) is 0 Å². The molecule has 0 aliphatic carbocycles. The lowest BCUT2D eigenvalue weighted by Gasteiger charge is -2.44. The molecule has 0 fully saturated rings. The molecule has 18 heavy (non-hydrogen) atoms. The SMILES string of the molecule is CCCN1C=NC(C(C)(C)C)C(C(C)(C)C)C1=O. The highest BCUT2D eigenvalue weighted by Gasteiger charge is 2.46. The highest BCUT2D eigenvalue weighted by atomic mass is 16.2. The van der Waals surface area contributed by atoms with Gasteiger partial charge in [-0.3, -0.25) is 9.79 Å². The topological polar surface area (TPSA) is 32.7 Å². The van der Waals surface area contributed by atoms with Crippen LogP contribution in [-0.2, 0) is 4.79 Å². The third-order valence-corrected chi connectivity index (χ3v) is 3.52. The molecule has 2 unspecified atom stereocenters. The van der Waals surface area contributed by atoms with Gasteiger partial charge in [0.25, 0.3) is 0 Å². The van der Waals surface area contributed by atoms with Gasteiger partial charge in [0.1, 0.15) is 0 Å². The second kappa shape index (κ2) is 5.02. The zero-order valence-corrected chi connectivity index (χ0v) is 12.9. The normalized spacial score (nSPS) is 25.7. The molecule has 1 amide bonds. The summed E-state index contributed by atoms with van der Waals surface area (Å²) in [6.45, 7) is 15.8. The largest absolute Gasteiger partial charge is 0.303 e. The molecule has 2 atom stereocenters. The standard InChI is InChI=1S/C15H28N2O/c1-8-9-17-10-16-12(15(5,6)7)11(13(17)18)14(2,3)4/h10-12H,8-9H2,1-7H3. The van der Waals surface area contributed by atoms with Crippen molar-refractivity contribution in [2.75, 3.05) is 6.54 Å². The maximum absolute atomic E-state index is 12.7. The molecule has 0 radical (unpaired) electrons. The molecule has 3 nitrogen and oxygen atoms in total. The Morgan fingerprint density at radius 2 is 1.72 bits per heavy atom. The maximum atomic E-state index is 12.7. The summed E-state index contributed by atoms with van der Waals surface area (Å²) in [5.74, 6) is 0.202. The average Bonchev–Trinajstić information content (AvgIpc) is 2.17. The lowest BCUT2D eigenvalue weighted by Crippen LogP contribution is -2.53. The zero-order chi connectivity index (χ0) is 14.1. The molecule has 0 spiro atoms. The zero-order valence-electron chi connectivity index (χ0n) is 12.9. The Balaban J connectivity index is 3.13. The van der Waals surface area contributed by atoms with Gasteiger partial charge in [0.2, 0.25) is 5.91 Å². The summed E-state index contributed by atoms with van der Waals surface area (Å²) in [6, 6.07) is 0.0677. The summed E-state index contributed by atoms with van der Waals surface area (Å²) in [7, 11) is 0. The fraction of sp³-hybridized carbons (Fsp3) is 0.867. The number of aliphatic imine (C=N–C) groups is 1. The predicted octanol–water partition coefficient (Wildman–Crippen LogP) is 3.34. The monoisotopic (exact) mass is 252 g/mol. The van der Waals surface area contributed by atoms with Crippen LogP contribution in [0.1, 0.15) is 54.9 Å². The van der Waals surface area contributed by atoms with Gasteiger partial charge in [0, 0.05) is 6.54 Å². The van der Waals surface area contributed by atoms with E-state index in [1.807, 2.05) is 0 Å². The van der Waals surface area contributed by atoms with Crippen molar-refractivity contribution in [2.24, 2.45) is 21.7 Å². The van der Waals surface area contributed by atoms with Crippen LogP contribution in [0.5, 0.6) is 0 Å². The predicted molar refractivity (Wildman–Crippen MR) is 76.7 cm³/mol. The Morgan fingerprint density at radius 3 is 2.11 bits per heavy atom. The number of nitrogens with zero attached hydrogens (tertiary/aromatic N) is 2. The van der Waals surface area contributed by atoms with E-state index in [4.69, 9.17) is 0 Å². The molecule has 0 N–H and O–H groups in total. The first-order valence-electron chi connectivity index (χ1n) is 6.93. The highest BCUT2D eigenvalue weighted by molar-refractivity contribution is 5.92. The fourth-order valence-corrected chi connectivity index (χ4v) is 2.59. The van der Waals surface area contributed by atoms with Gasteiger partial charge in [-0.05, 0) is 17.3 Å². The van der Waals surface area contributed by atoms with Crippen molar-refractivity contribution in [3.05, 3.63) is 0 Å². The van der Waals surface area contributed by atoms with Crippen LogP contribution in [0.25, 0.3) is 0 Å².